The zero-order valence-corrected chi connectivity index (χ0v) is 18.5. The Morgan fingerprint density at radius 3 is 2.07 bits per heavy atom. The van der Waals surface area contributed by atoms with E-state index in [1.807, 2.05) is 0 Å². The fourth-order valence-electron chi connectivity index (χ4n) is 3.90. The summed E-state index contributed by atoms with van der Waals surface area (Å²) in [5.74, 6) is 1.32. The van der Waals surface area contributed by atoms with Crippen molar-refractivity contribution in [3.05, 3.63) is 53.6 Å². The molecule has 2 rings (SSSR count). The molecule has 0 amide bonds. The summed E-state index contributed by atoms with van der Waals surface area (Å²) in [6.07, 6.45) is 20.5. The molecule has 1 aromatic heterocycles. The van der Waals surface area contributed by atoms with Crippen molar-refractivity contribution in [3.63, 3.8) is 0 Å². The number of nitrogens with zero attached hydrogens (tertiary/aromatic N) is 2. The number of aryl methyl sites for hydroxylation is 4. The zero-order chi connectivity index (χ0) is 19.9. The van der Waals surface area contributed by atoms with Crippen molar-refractivity contribution < 1.29 is 0 Å². The van der Waals surface area contributed by atoms with Gasteiger partial charge in [0.25, 0.3) is 0 Å². The Bertz CT molecular complexity index is 615. The molecule has 0 bridgehead atoms. The molecule has 1 aromatic carbocycles. The molecule has 0 radical (unpaired) electrons. The Labute approximate surface area is 173 Å². The van der Waals surface area contributed by atoms with Crippen LogP contribution in [-0.4, -0.2) is 9.55 Å². The smallest absolute Gasteiger partial charge is 0.108 e. The molecule has 0 spiro atoms. The Morgan fingerprint density at radius 1 is 0.679 bits per heavy atom. The van der Waals surface area contributed by atoms with E-state index in [0.717, 1.165) is 25.8 Å². The van der Waals surface area contributed by atoms with E-state index in [1.54, 1.807) is 0 Å². The van der Waals surface area contributed by atoms with Crippen molar-refractivity contribution in [2.45, 2.75) is 110 Å². The molecule has 0 saturated carbocycles. The maximum Gasteiger partial charge on any atom is 0.108 e. The maximum absolute atomic E-state index is 4.99. The molecule has 0 N–H and O–H groups in total. The highest BCUT2D eigenvalue weighted by Gasteiger charge is 2.08. The lowest BCUT2D eigenvalue weighted by Gasteiger charge is -2.07. The van der Waals surface area contributed by atoms with Crippen molar-refractivity contribution in [1.29, 1.82) is 0 Å². The van der Waals surface area contributed by atoms with Crippen LogP contribution in [-0.2, 0) is 25.8 Å². The van der Waals surface area contributed by atoms with Crippen LogP contribution in [0, 0.1) is 0 Å². The number of hydrogen-bond acceptors (Lipinski definition) is 1. The van der Waals surface area contributed by atoms with Crippen molar-refractivity contribution in [3.8, 4) is 0 Å². The van der Waals surface area contributed by atoms with Crippen LogP contribution in [0.4, 0.5) is 0 Å². The lowest BCUT2D eigenvalue weighted by atomic mass is 10.1. The summed E-state index contributed by atoms with van der Waals surface area (Å²) in [5.41, 5.74) is 2.73. The van der Waals surface area contributed by atoms with Gasteiger partial charge in [-0.3, -0.25) is 0 Å². The highest BCUT2D eigenvalue weighted by Crippen LogP contribution is 2.14. The number of aromatic nitrogens is 2. The Balaban J connectivity index is 1.74. The second kappa shape index (κ2) is 14.4. The predicted octanol–water partition coefficient (Wildman–Crippen LogP) is 7.54. The topological polar surface area (TPSA) is 17.8 Å². The summed E-state index contributed by atoms with van der Waals surface area (Å²) >= 11 is 0. The van der Waals surface area contributed by atoms with Crippen LogP contribution < -0.4 is 0 Å². The normalized spacial score (nSPS) is 11.2. The Hall–Kier alpha value is -1.57. The monoisotopic (exact) mass is 382 g/mol. The predicted molar refractivity (Wildman–Crippen MR) is 122 cm³/mol. The minimum atomic E-state index is 1.10. The SMILES string of the molecule is CCCCCCCCCCn1cc(CCCc2ccccc2)nc1CCCC. The molecule has 2 heteroatoms. The second-order valence-corrected chi connectivity index (χ2v) is 8.26. The summed E-state index contributed by atoms with van der Waals surface area (Å²) in [6.45, 7) is 5.71. The molecule has 1 heterocycles. The van der Waals surface area contributed by atoms with Gasteiger partial charge in [0.1, 0.15) is 5.82 Å². The Kier molecular flexibility index (Phi) is 11.7. The van der Waals surface area contributed by atoms with E-state index in [1.165, 1.54) is 87.7 Å². The molecule has 0 fully saturated rings. The van der Waals surface area contributed by atoms with E-state index in [4.69, 9.17) is 4.98 Å². The lowest BCUT2D eigenvalue weighted by molar-refractivity contribution is 0.532. The highest BCUT2D eigenvalue weighted by atomic mass is 15.1. The number of benzene rings is 1. The molecular weight excluding hydrogens is 340 g/mol. The van der Waals surface area contributed by atoms with Gasteiger partial charge < -0.3 is 4.57 Å². The van der Waals surface area contributed by atoms with E-state index in [0.29, 0.717) is 0 Å². The van der Waals surface area contributed by atoms with E-state index in [9.17, 15) is 0 Å². The van der Waals surface area contributed by atoms with Crippen molar-refractivity contribution in [2.24, 2.45) is 0 Å². The van der Waals surface area contributed by atoms with E-state index in [2.05, 4.69) is 54.9 Å². The third kappa shape index (κ3) is 9.08. The molecule has 0 aliphatic heterocycles. The van der Waals surface area contributed by atoms with Gasteiger partial charge in [0, 0.05) is 19.2 Å². The number of imidazole rings is 1. The van der Waals surface area contributed by atoms with Gasteiger partial charge in [-0.1, -0.05) is 95.5 Å². The van der Waals surface area contributed by atoms with Gasteiger partial charge in [-0.15, -0.1) is 0 Å². The van der Waals surface area contributed by atoms with E-state index < -0.39 is 0 Å². The first-order valence-electron chi connectivity index (χ1n) is 11.9. The zero-order valence-electron chi connectivity index (χ0n) is 18.5. The van der Waals surface area contributed by atoms with Gasteiger partial charge in [-0.2, -0.15) is 0 Å². The lowest BCUT2D eigenvalue weighted by Crippen LogP contribution is -2.03. The Morgan fingerprint density at radius 2 is 1.36 bits per heavy atom. The standard InChI is InChI=1S/C26H42N2/c1-3-5-7-8-9-10-11-15-22-28-23-25(27-26(28)21-6-4-2)20-16-19-24-17-13-12-14-18-24/h12-14,17-18,23H,3-11,15-16,19-22H2,1-2H3. The third-order valence-electron chi connectivity index (χ3n) is 5.66. The van der Waals surface area contributed by atoms with Gasteiger partial charge in [0.05, 0.1) is 5.69 Å². The number of hydrogen-bond donors (Lipinski definition) is 0. The maximum atomic E-state index is 4.99. The number of rotatable bonds is 16. The fourth-order valence-corrected chi connectivity index (χ4v) is 3.90. The van der Waals surface area contributed by atoms with Crippen molar-refractivity contribution in [2.75, 3.05) is 0 Å². The molecule has 2 aromatic rings. The molecule has 28 heavy (non-hydrogen) atoms. The van der Waals surface area contributed by atoms with Crippen LogP contribution in [0.2, 0.25) is 0 Å². The van der Waals surface area contributed by atoms with Crippen LogP contribution in [0.5, 0.6) is 0 Å². The first kappa shape index (κ1) is 22.7. The average molecular weight is 383 g/mol. The summed E-state index contributed by atoms with van der Waals surface area (Å²) in [4.78, 5) is 4.99. The number of unbranched alkanes of at least 4 members (excludes halogenated alkanes) is 8. The van der Waals surface area contributed by atoms with Crippen LogP contribution in [0.1, 0.15) is 102 Å². The van der Waals surface area contributed by atoms with Crippen LogP contribution in [0.25, 0.3) is 0 Å². The third-order valence-corrected chi connectivity index (χ3v) is 5.66. The van der Waals surface area contributed by atoms with E-state index >= 15 is 0 Å². The minimum absolute atomic E-state index is 1.10. The molecule has 0 unspecified atom stereocenters. The molecule has 0 aliphatic rings. The first-order valence-corrected chi connectivity index (χ1v) is 11.9. The summed E-state index contributed by atoms with van der Waals surface area (Å²) in [6, 6.07) is 10.8. The summed E-state index contributed by atoms with van der Waals surface area (Å²) in [5, 5.41) is 0. The average Bonchev–Trinajstić information content (AvgIpc) is 3.11. The molecule has 0 saturated heterocycles. The minimum Gasteiger partial charge on any atom is -0.335 e. The molecule has 2 nitrogen and oxygen atoms in total. The van der Waals surface area contributed by atoms with Crippen molar-refractivity contribution in [1.82, 2.24) is 9.55 Å². The van der Waals surface area contributed by atoms with Crippen LogP contribution in [0.15, 0.2) is 36.5 Å². The summed E-state index contributed by atoms with van der Waals surface area (Å²) in [7, 11) is 0. The van der Waals surface area contributed by atoms with Gasteiger partial charge in [-0.05, 0) is 37.7 Å². The molecule has 0 aliphatic carbocycles. The van der Waals surface area contributed by atoms with Crippen molar-refractivity contribution >= 4 is 0 Å². The quantitative estimate of drug-likeness (QED) is 0.274. The molecule has 156 valence electrons. The molecule has 0 atom stereocenters. The van der Waals surface area contributed by atoms with Gasteiger partial charge in [0.2, 0.25) is 0 Å². The van der Waals surface area contributed by atoms with E-state index in [-0.39, 0.29) is 0 Å². The largest absolute Gasteiger partial charge is 0.335 e. The van der Waals surface area contributed by atoms with Gasteiger partial charge in [-0.25, -0.2) is 4.98 Å². The van der Waals surface area contributed by atoms with Gasteiger partial charge >= 0.3 is 0 Å². The highest BCUT2D eigenvalue weighted by molar-refractivity contribution is 5.15. The first-order chi connectivity index (χ1) is 13.8. The second-order valence-electron chi connectivity index (χ2n) is 8.26. The van der Waals surface area contributed by atoms with Crippen LogP contribution >= 0.6 is 0 Å². The fraction of sp³-hybridized carbons (Fsp3) is 0.654. The molecular formula is C26H42N2. The van der Waals surface area contributed by atoms with Crippen LogP contribution in [0.3, 0.4) is 0 Å². The summed E-state index contributed by atoms with van der Waals surface area (Å²) < 4.78 is 2.46. The van der Waals surface area contributed by atoms with Gasteiger partial charge in [0.15, 0.2) is 0 Å².